The van der Waals surface area contributed by atoms with Gasteiger partial charge in [-0.25, -0.2) is 8.78 Å². The number of alkyl halides is 2. The highest BCUT2D eigenvalue weighted by atomic mass is 19.3. The molecule has 0 bridgehead atoms. The van der Waals surface area contributed by atoms with E-state index in [1.807, 2.05) is 0 Å². The maximum absolute atomic E-state index is 11.6. The summed E-state index contributed by atoms with van der Waals surface area (Å²) in [6, 6.07) is -1.10. The van der Waals surface area contributed by atoms with Crippen LogP contribution in [0.25, 0.3) is 0 Å². The van der Waals surface area contributed by atoms with Crippen molar-refractivity contribution in [2.75, 3.05) is 0 Å². The Bertz CT molecular complexity index is 106. The summed E-state index contributed by atoms with van der Waals surface area (Å²) < 4.78 is 23.2. The standard InChI is InChI=1S/C6H11F2N/c1-4(2)3-5(9)6(7)8/h3,5-6H,9H2,1-2H3. The summed E-state index contributed by atoms with van der Waals surface area (Å²) in [4.78, 5) is 0. The van der Waals surface area contributed by atoms with Crippen molar-refractivity contribution >= 4 is 0 Å². The van der Waals surface area contributed by atoms with E-state index in [-0.39, 0.29) is 0 Å². The summed E-state index contributed by atoms with van der Waals surface area (Å²) in [6.07, 6.45) is -1.09. The Kier molecular flexibility index (Phi) is 3.39. The molecule has 0 fully saturated rings. The molecule has 1 nitrogen and oxygen atoms in total. The van der Waals surface area contributed by atoms with Crippen LogP contribution in [-0.2, 0) is 0 Å². The predicted molar refractivity (Wildman–Crippen MR) is 33.4 cm³/mol. The monoisotopic (exact) mass is 135 g/mol. The van der Waals surface area contributed by atoms with Crippen molar-refractivity contribution in [3.05, 3.63) is 11.6 Å². The minimum Gasteiger partial charge on any atom is -0.320 e. The van der Waals surface area contributed by atoms with Crippen molar-refractivity contribution in [1.29, 1.82) is 0 Å². The number of rotatable bonds is 2. The van der Waals surface area contributed by atoms with E-state index in [1.165, 1.54) is 6.08 Å². The van der Waals surface area contributed by atoms with Gasteiger partial charge in [-0.2, -0.15) is 0 Å². The van der Waals surface area contributed by atoms with Crippen molar-refractivity contribution in [3.8, 4) is 0 Å². The van der Waals surface area contributed by atoms with Crippen molar-refractivity contribution in [1.82, 2.24) is 0 Å². The van der Waals surface area contributed by atoms with Crippen LogP contribution in [0, 0.1) is 0 Å². The van der Waals surface area contributed by atoms with E-state index in [1.54, 1.807) is 13.8 Å². The van der Waals surface area contributed by atoms with Crippen LogP contribution in [0.2, 0.25) is 0 Å². The molecular weight excluding hydrogens is 124 g/mol. The molecule has 2 N–H and O–H groups in total. The van der Waals surface area contributed by atoms with Gasteiger partial charge < -0.3 is 5.73 Å². The number of allylic oxidation sites excluding steroid dienone is 1. The van der Waals surface area contributed by atoms with Crippen molar-refractivity contribution in [3.63, 3.8) is 0 Å². The summed E-state index contributed by atoms with van der Waals surface area (Å²) in [5, 5.41) is 0. The molecule has 3 heteroatoms. The van der Waals surface area contributed by atoms with Gasteiger partial charge in [0, 0.05) is 0 Å². The second-order valence-electron chi connectivity index (χ2n) is 2.16. The van der Waals surface area contributed by atoms with Crippen molar-refractivity contribution < 1.29 is 8.78 Å². The van der Waals surface area contributed by atoms with E-state index >= 15 is 0 Å². The van der Waals surface area contributed by atoms with Gasteiger partial charge in [-0.05, 0) is 13.8 Å². The topological polar surface area (TPSA) is 26.0 Å². The molecule has 0 aliphatic rings. The lowest BCUT2D eigenvalue weighted by molar-refractivity contribution is 0.133. The molecule has 0 rings (SSSR count). The van der Waals surface area contributed by atoms with Crippen LogP contribution in [0.4, 0.5) is 8.78 Å². The molecule has 0 aliphatic heterocycles. The van der Waals surface area contributed by atoms with Gasteiger partial charge in [0.2, 0.25) is 0 Å². The first-order valence-electron chi connectivity index (χ1n) is 2.73. The molecule has 0 aliphatic carbocycles. The van der Waals surface area contributed by atoms with Crippen LogP contribution < -0.4 is 5.73 Å². The third-order valence-corrected chi connectivity index (χ3v) is 0.817. The van der Waals surface area contributed by atoms with Gasteiger partial charge in [-0.3, -0.25) is 0 Å². The maximum atomic E-state index is 11.6. The van der Waals surface area contributed by atoms with E-state index in [9.17, 15) is 8.78 Å². The summed E-state index contributed by atoms with van der Waals surface area (Å²) in [7, 11) is 0. The van der Waals surface area contributed by atoms with Gasteiger partial charge in [0.15, 0.2) is 0 Å². The second kappa shape index (κ2) is 3.56. The Hall–Kier alpha value is -0.440. The van der Waals surface area contributed by atoms with Crippen molar-refractivity contribution in [2.24, 2.45) is 5.73 Å². The summed E-state index contributed by atoms with van der Waals surface area (Å²) in [6.45, 7) is 3.48. The zero-order valence-corrected chi connectivity index (χ0v) is 5.57. The average molecular weight is 135 g/mol. The van der Waals surface area contributed by atoms with Gasteiger partial charge in [0.05, 0.1) is 6.04 Å². The van der Waals surface area contributed by atoms with Gasteiger partial charge in [0.1, 0.15) is 0 Å². The van der Waals surface area contributed by atoms with Crippen LogP contribution in [0.3, 0.4) is 0 Å². The molecule has 0 spiro atoms. The molecule has 0 aromatic heterocycles. The first kappa shape index (κ1) is 8.56. The molecule has 0 aromatic carbocycles. The highest BCUT2D eigenvalue weighted by Gasteiger charge is 2.10. The van der Waals surface area contributed by atoms with Crippen LogP contribution >= 0.6 is 0 Å². The zero-order chi connectivity index (χ0) is 7.44. The number of hydrogen-bond donors (Lipinski definition) is 1. The number of nitrogens with two attached hydrogens (primary N) is 1. The SMILES string of the molecule is CC(C)=CC(N)C(F)F. The van der Waals surface area contributed by atoms with Crippen LogP contribution in [0.1, 0.15) is 13.8 Å². The third-order valence-electron chi connectivity index (χ3n) is 0.817. The van der Waals surface area contributed by atoms with E-state index in [2.05, 4.69) is 0 Å². The van der Waals surface area contributed by atoms with Crippen LogP contribution in [0.5, 0.6) is 0 Å². The Morgan fingerprint density at radius 2 is 1.89 bits per heavy atom. The van der Waals surface area contributed by atoms with E-state index < -0.39 is 12.5 Å². The van der Waals surface area contributed by atoms with E-state index in [4.69, 9.17) is 5.73 Å². The lowest BCUT2D eigenvalue weighted by atomic mass is 10.2. The molecule has 9 heavy (non-hydrogen) atoms. The molecule has 54 valence electrons. The van der Waals surface area contributed by atoms with E-state index in [0.717, 1.165) is 5.57 Å². The van der Waals surface area contributed by atoms with Crippen LogP contribution in [0.15, 0.2) is 11.6 Å². The first-order valence-corrected chi connectivity index (χ1v) is 2.73. The number of halogens is 2. The average Bonchev–Trinajstić information content (AvgIpc) is 1.63. The molecule has 1 atom stereocenters. The smallest absolute Gasteiger partial charge is 0.257 e. The summed E-state index contributed by atoms with van der Waals surface area (Å²) in [5.74, 6) is 0. The first-order chi connectivity index (χ1) is 4.04. The fourth-order valence-corrected chi connectivity index (χ4v) is 0.458. The number of hydrogen-bond acceptors (Lipinski definition) is 1. The minimum atomic E-state index is -2.44. The van der Waals surface area contributed by atoms with Gasteiger partial charge in [-0.15, -0.1) is 0 Å². The lowest BCUT2D eigenvalue weighted by Crippen LogP contribution is -2.26. The Morgan fingerprint density at radius 1 is 1.44 bits per heavy atom. The highest BCUT2D eigenvalue weighted by Crippen LogP contribution is 2.01. The van der Waals surface area contributed by atoms with Gasteiger partial charge in [0.25, 0.3) is 6.43 Å². The molecule has 0 radical (unpaired) electrons. The van der Waals surface area contributed by atoms with Crippen molar-refractivity contribution in [2.45, 2.75) is 26.3 Å². The summed E-state index contributed by atoms with van der Waals surface area (Å²) in [5.41, 5.74) is 5.81. The maximum Gasteiger partial charge on any atom is 0.257 e. The summed E-state index contributed by atoms with van der Waals surface area (Å²) >= 11 is 0. The quantitative estimate of drug-likeness (QED) is 0.571. The normalized spacial score (nSPS) is 13.6. The van der Waals surface area contributed by atoms with Crippen LogP contribution in [-0.4, -0.2) is 12.5 Å². The molecule has 0 saturated carbocycles. The van der Waals surface area contributed by atoms with Gasteiger partial charge in [-0.1, -0.05) is 11.6 Å². The molecular formula is C6H11F2N. The fourth-order valence-electron chi connectivity index (χ4n) is 0.458. The molecule has 0 amide bonds. The Balaban J connectivity index is 3.76. The zero-order valence-electron chi connectivity index (χ0n) is 5.57. The van der Waals surface area contributed by atoms with E-state index in [0.29, 0.717) is 0 Å². The highest BCUT2D eigenvalue weighted by molar-refractivity contribution is 5.00. The predicted octanol–water partition coefficient (Wildman–Crippen LogP) is 1.54. The minimum absolute atomic E-state index is 0.822. The molecule has 1 unspecified atom stereocenters. The lowest BCUT2D eigenvalue weighted by Gasteiger charge is -2.03. The fraction of sp³-hybridized carbons (Fsp3) is 0.667. The Labute approximate surface area is 53.5 Å². The van der Waals surface area contributed by atoms with Gasteiger partial charge >= 0.3 is 0 Å². The molecule has 0 saturated heterocycles. The third kappa shape index (κ3) is 4.09. The second-order valence-corrected chi connectivity index (χ2v) is 2.16. The molecule has 0 aromatic rings. The molecule has 0 heterocycles. The Morgan fingerprint density at radius 3 is 2.00 bits per heavy atom. The largest absolute Gasteiger partial charge is 0.320 e.